The first-order valence-corrected chi connectivity index (χ1v) is 7.87. The molecule has 0 spiro atoms. The second-order valence-electron chi connectivity index (χ2n) is 4.87. The fourth-order valence-electron chi connectivity index (χ4n) is 2.47. The highest BCUT2D eigenvalue weighted by molar-refractivity contribution is 7.99. The first kappa shape index (κ1) is 15.7. The third-order valence-corrected chi connectivity index (χ3v) is 4.59. The fourth-order valence-corrected chi connectivity index (χ4v) is 3.37. The van der Waals surface area contributed by atoms with Gasteiger partial charge in [0.1, 0.15) is 0 Å². The molecule has 1 unspecified atom stereocenters. The molecule has 0 bridgehead atoms. The van der Waals surface area contributed by atoms with Crippen molar-refractivity contribution in [1.29, 1.82) is 0 Å². The van der Waals surface area contributed by atoms with Crippen molar-refractivity contribution in [3.63, 3.8) is 0 Å². The second-order valence-corrected chi connectivity index (χ2v) is 6.10. The number of hydrogen-bond acceptors (Lipinski definition) is 3. The van der Waals surface area contributed by atoms with Crippen LogP contribution in [0.5, 0.6) is 0 Å². The van der Waals surface area contributed by atoms with Crippen LogP contribution in [-0.4, -0.2) is 36.0 Å². The minimum Gasteiger partial charge on any atom is -0.329 e. The fraction of sp³-hybridized carbons (Fsp3) is 0.571. The third-order valence-electron chi connectivity index (χ3n) is 3.54. The predicted octanol–water partition coefficient (Wildman–Crippen LogP) is 3.14. The minimum absolute atomic E-state index is 0.0102. The van der Waals surface area contributed by atoms with E-state index in [9.17, 15) is 13.2 Å². The van der Waals surface area contributed by atoms with Crippen molar-refractivity contribution < 1.29 is 13.2 Å². The summed E-state index contributed by atoms with van der Waals surface area (Å²) >= 11 is 1.92. The molecule has 1 aliphatic heterocycles. The molecule has 1 fully saturated rings. The Balaban J connectivity index is 2.14. The number of alkyl halides is 3. The van der Waals surface area contributed by atoms with E-state index < -0.39 is 11.7 Å². The van der Waals surface area contributed by atoms with Crippen LogP contribution in [0.15, 0.2) is 24.3 Å². The van der Waals surface area contributed by atoms with Crippen molar-refractivity contribution in [2.45, 2.75) is 18.6 Å². The maximum atomic E-state index is 12.6. The summed E-state index contributed by atoms with van der Waals surface area (Å²) in [5, 5.41) is 0. The van der Waals surface area contributed by atoms with Crippen molar-refractivity contribution >= 4 is 11.8 Å². The van der Waals surface area contributed by atoms with Gasteiger partial charge >= 0.3 is 6.18 Å². The van der Waals surface area contributed by atoms with Gasteiger partial charge in [-0.25, -0.2) is 0 Å². The molecule has 2 rings (SSSR count). The monoisotopic (exact) mass is 304 g/mol. The Morgan fingerprint density at radius 3 is 2.45 bits per heavy atom. The lowest BCUT2D eigenvalue weighted by atomic mass is 10.0. The number of halogens is 3. The summed E-state index contributed by atoms with van der Waals surface area (Å²) in [6, 6.07) is 5.40. The van der Waals surface area contributed by atoms with Crippen LogP contribution in [-0.2, 0) is 6.18 Å². The average molecular weight is 304 g/mol. The number of benzene rings is 1. The largest absolute Gasteiger partial charge is 0.416 e. The SMILES string of the molecule is NCC(c1ccc(C(F)(F)F)cc1)N1CCCSCC1. The summed E-state index contributed by atoms with van der Waals surface area (Å²) in [4.78, 5) is 2.28. The number of hydrogen-bond donors (Lipinski definition) is 1. The van der Waals surface area contributed by atoms with Gasteiger partial charge in [-0.05, 0) is 36.4 Å². The van der Waals surface area contributed by atoms with Gasteiger partial charge in [0, 0.05) is 24.9 Å². The Labute approximate surface area is 121 Å². The van der Waals surface area contributed by atoms with Gasteiger partial charge in [-0.1, -0.05) is 12.1 Å². The Morgan fingerprint density at radius 2 is 1.85 bits per heavy atom. The summed E-state index contributed by atoms with van der Waals surface area (Å²) < 4.78 is 37.7. The van der Waals surface area contributed by atoms with E-state index in [2.05, 4.69) is 4.90 Å². The first-order valence-electron chi connectivity index (χ1n) is 6.71. The molecule has 0 aliphatic carbocycles. The molecule has 0 amide bonds. The van der Waals surface area contributed by atoms with Crippen LogP contribution in [0.3, 0.4) is 0 Å². The highest BCUT2D eigenvalue weighted by Gasteiger charge is 2.30. The molecule has 1 aromatic carbocycles. The molecule has 1 aliphatic rings. The van der Waals surface area contributed by atoms with Crippen molar-refractivity contribution in [2.24, 2.45) is 5.73 Å². The Kier molecular flexibility index (Phi) is 5.35. The van der Waals surface area contributed by atoms with Gasteiger partial charge in [0.05, 0.1) is 5.56 Å². The molecule has 0 radical (unpaired) electrons. The van der Waals surface area contributed by atoms with Gasteiger partial charge in [-0.3, -0.25) is 4.90 Å². The molecule has 0 saturated carbocycles. The van der Waals surface area contributed by atoms with Gasteiger partial charge in [-0.15, -0.1) is 0 Å². The van der Waals surface area contributed by atoms with Crippen LogP contribution in [0.4, 0.5) is 13.2 Å². The van der Waals surface area contributed by atoms with E-state index >= 15 is 0 Å². The van der Waals surface area contributed by atoms with Crippen molar-refractivity contribution in [3.05, 3.63) is 35.4 Å². The summed E-state index contributed by atoms with van der Waals surface area (Å²) in [6.07, 6.45) is -3.18. The van der Waals surface area contributed by atoms with Gasteiger partial charge in [0.15, 0.2) is 0 Å². The molecule has 0 aromatic heterocycles. The average Bonchev–Trinajstić information content (AvgIpc) is 2.68. The molecule has 1 heterocycles. The van der Waals surface area contributed by atoms with Gasteiger partial charge in [0.25, 0.3) is 0 Å². The van der Waals surface area contributed by atoms with Crippen molar-refractivity contribution in [1.82, 2.24) is 4.90 Å². The lowest BCUT2D eigenvalue weighted by Crippen LogP contribution is -2.35. The van der Waals surface area contributed by atoms with Gasteiger partial charge in [0.2, 0.25) is 0 Å². The van der Waals surface area contributed by atoms with E-state index in [-0.39, 0.29) is 6.04 Å². The maximum Gasteiger partial charge on any atom is 0.416 e. The quantitative estimate of drug-likeness (QED) is 0.930. The Morgan fingerprint density at radius 1 is 1.15 bits per heavy atom. The summed E-state index contributed by atoms with van der Waals surface area (Å²) in [6.45, 7) is 2.32. The molecule has 2 nitrogen and oxygen atoms in total. The minimum atomic E-state index is -4.28. The maximum absolute atomic E-state index is 12.6. The van der Waals surface area contributed by atoms with E-state index in [0.29, 0.717) is 6.54 Å². The van der Waals surface area contributed by atoms with E-state index in [1.807, 2.05) is 11.8 Å². The zero-order chi connectivity index (χ0) is 14.6. The summed E-state index contributed by atoms with van der Waals surface area (Å²) in [5.74, 6) is 2.19. The van der Waals surface area contributed by atoms with Gasteiger partial charge in [-0.2, -0.15) is 24.9 Å². The van der Waals surface area contributed by atoms with E-state index in [1.54, 1.807) is 12.1 Å². The number of nitrogens with two attached hydrogens (primary N) is 1. The molecule has 112 valence electrons. The standard InChI is InChI=1S/C14H19F3N2S/c15-14(16,17)12-4-2-11(3-5-12)13(10-18)19-6-1-8-20-9-7-19/h2-5,13H,1,6-10,18H2. The summed E-state index contributed by atoms with van der Waals surface area (Å²) in [7, 11) is 0. The second kappa shape index (κ2) is 6.83. The highest BCUT2D eigenvalue weighted by Crippen LogP contribution is 2.31. The van der Waals surface area contributed by atoms with Crippen molar-refractivity contribution in [3.8, 4) is 0 Å². The summed E-state index contributed by atoms with van der Waals surface area (Å²) in [5.41, 5.74) is 6.10. The van der Waals surface area contributed by atoms with Gasteiger partial charge < -0.3 is 5.73 Å². The number of nitrogens with zero attached hydrogens (tertiary/aromatic N) is 1. The first-order chi connectivity index (χ1) is 9.52. The zero-order valence-electron chi connectivity index (χ0n) is 11.2. The van der Waals surface area contributed by atoms with Crippen LogP contribution < -0.4 is 5.73 Å². The van der Waals surface area contributed by atoms with Crippen LogP contribution >= 0.6 is 11.8 Å². The van der Waals surface area contributed by atoms with E-state index in [1.165, 1.54) is 0 Å². The molecular formula is C14H19F3N2S. The topological polar surface area (TPSA) is 29.3 Å². The van der Waals surface area contributed by atoms with Crippen LogP contribution in [0.1, 0.15) is 23.6 Å². The molecule has 6 heteroatoms. The Hall–Kier alpha value is -0.720. The van der Waals surface area contributed by atoms with E-state index in [4.69, 9.17) is 5.73 Å². The highest BCUT2D eigenvalue weighted by atomic mass is 32.2. The van der Waals surface area contributed by atoms with Crippen molar-refractivity contribution in [2.75, 3.05) is 31.1 Å². The zero-order valence-corrected chi connectivity index (χ0v) is 12.0. The lowest BCUT2D eigenvalue weighted by molar-refractivity contribution is -0.137. The van der Waals surface area contributed by atoms with E-state index in [0.717, 1.165) is 48.7 Å². The van der Waals surface area contributed by atoms with Crippen LogP contribution in [0.2, 0.25) is 0 Å². The molecule has 1 aromatic rings. The lowest BCUT2D eigenvalue weighted by Gasteiger charge is -2.30. The van der Waals surface area contributed by atoms with Crippen LogP contribution in [0, 0.1) is 0 Å². The molecule has 20 heavy (non-hydrogen) atoms. The Bertz CT molecular complexity index is 411. The van der Waals surface area contributed by atoms with Crippen LogP contribution in [0.25, 0.3) is 0 Å². The smallest absolute Gasteiger partial charge is 0.329 e. The normalized spacial score (nSPS) is 19.6. The number of rotatable bonds is 3. The molecule has 1 atom stereocenters. The predicted molar refractivity (Wildman–Crippen MR) is 76.8 cm³/mol. The molecule has 2 N–H and O–H groups in total. The third kappa shape index (κ3) is 3.90. The molecule has 1 saturated heterocycles. The number of thioether (sulfide) groups is 1. The molecular weight excluding hydrogens is 285 g/mol.